The third kappa shape index (κ3) is 4.28. The second-order valence-electron chi connectivity index (χ2n) is 11.0. The molecule has 12 heteroatoms. The number of halogens is 1. The molecule has 2 N–H and O–H groups in total. The second-order valence-corrected chi connectivity index (χ2v) is 11.9. The fourth-order valence-corrected chi connectivity index (χ4v) is 6.40. The maximum atomic E-state index is 14.1. The minimum absolute atomic E-state index is 0.223. The molecule has 0 fully saturated rings. The molecular weight excluding hydrogens is 590 g/mol. The van der Waals surface area contributed by atoms with Gasteiger partial charge in [0.1, 0.15) is 0 Å². The van der Waals surface area contributed by atoms with Gasteiger partial charge in [-0.1, -0.05) is 0 Å². The van der Waals surface area contributed by atoms with Crippen LogP contribution >= 0.6 is 15.9 Å². The van der Waals surface area contributed by atoms with Gasteiger partial charge >= 0.3 is 0 Å². The van der Waals surface area contributed by atoms with E-state index < -0.39 is 22.2 Å². The molecule has 4 aromatic heterocycles. The highest BCUT2D eigenvalue weighted by molar-refractivity contribution is 9.10. The summed E-state index contributed by atoms with van der Waals surface area (Å²) in [5.41, 5.74) is 0.0454. The van der Waals surface area contributed by atoms with E-state index in [1.165, 1.54) is 9.13 Å². The van der Waals surface area contributed by atoms with Crippen molar-refractivity contribution < 1.29 is 0 Å². The van der Waals surface area contributed by atoms with Crippen molar-refractivity contribution >= 4 is 70.4 Å². The number of rotatable bonds is 8. The smallest absolute Gasteiger partial charge is 0.263 e. The van der Waals surface area contributed by atoms with Crippen molar-refractivity contribution in [3.8, 4) is 0 Å². The average Bonchev–Trinajstić information content (AvgIpc) is 2.92. The zero-order valence-corrected chi connectivity index (χ0v) is 24.9. The van der Waals surface area contributed by atoms with E-state index in [1.54, 1.807) is 18.3 Å². The van der Waals surface area contributed by atoms with Crippen molar-refractivity contribution in [2.75, 3.05) is 41.3 Å². The Balaban J connectivity index is 1.84. The third-order valence-corrected chi connectivity index (χ3v) is 8.29. The van der Waals surface area contributed by atoms with Gasteiger partial charge in [-0.3, -0.25) is 28.3 Å². The van der Waals surface area contributed by atoms with Gasteiger partial charge in [-0.15, -0.1) is 0 Å². The molecule has 0 unspecified atom stereocenters. The number of aromatic amines is 2. The topological polar surface area (TPSA) is 129 Å². The van der Waals surface area contributed by atoms with Gasteiger partial charge < -0.3 is 19.8 Å². The standard InChI is InChI=1S/C29H30BrN7O4/c1-34(2)10-6-12-36-26(38)15-14-16(30)19-20-18(15)21(28(36)40)23-24(33-25-17(32-23)8-5-9-31-25)22(20)29(41)37(27(19)39)13-7-11-35(3)4/h5,8-9,14,32H,6-7,10-13H2,1-4H3,(H,31,33). The molecule has 0 saturated heterocycles. The van der Waals surface area contributed by atoms with Gasteiger partial charge in [-0.05, 0) is 88.3 Å². The summed E-state index contributed by atoms with van der Waals surface area (Å²) < 4.78 is 2.92. The molecule has 212 valence electrons. The summed E-state index contributed by atoms with van der Waals surface area (Å²) in [4.78, 5) is 71.0. The monoisotopic (exact) mass is 619 g/mol. The Morgan fingerprint density at radius 1 is 0.756 bits per heavy atom. The van der Waals surface area contributed by atoms with Crippen molar-refractivity contribution in [2.24, 2.45) is 0 Å². The Labute approximate surface area is 241 Å². The van der Waals surface area contributed by atoms with E-state index in [0.29, 0.717) is 63.4 Å². The molecule has 0 amide bonds. The van der Waals surface area contributed by atoms with Crippen LogP contribution in [-0.4, -0.2) is 75.2 Å². The van der Waals surface area contributed by atoms with E-state index in [0.717, 1.165) is 0 Å². The van der Waals surface area contributed by atoms with Crippen LogP contribution < -0.4 is 22.2 Å². The molecule has 6 rings (SSSR count). The quantitative estimate of drug-likeness (QED) is 0.198. The van der Waals surface area contributed by atoms with Crippen molar-refractivity contribution in [3.05, 3.63) is 70.3 Å². The SMILES string of the molecule is CN(C)CCCn1c(=O)c2cc(Br)c3c(=O)n(CCCN(C)C)c(=O)c4c5[nH]c6ncccc6[nH]c5c(c1=O)c2c34. The summed E-state index contributed by atoms with van der Waals surface area (Å²) in [5.74, 6) is 0. The summed E-state index contributed by atoms with van der Waals surface area (Å²) in [7, 11) is 7.73. The third-order valence-electron chi connectivity index (χ3n) is 7.67. The highest BCUT2D eigenvalue weighted by Gasteiger charge is 2.27. The molecule has 11 nitrogen and oxygen atoms in total. The van der Waals surface area contributed by atoms with Crippen molar-refractivity contribution in [1.29, 1.82) is 0 Å². The number of H-pyrrole nitrogens is 2. The molecule has 4 heterocycles. The molecule has 0 radical (unpaired) electrons. The molecule has 41 heavy (non-hydrogen) atoms. The van der Waals surface area contributed by atoms with Crippen LogP contribution in [0.1, 0.15) is 12.8 Å². The van der Waals surface area contributed by atoms with Gasteiger partial charge in [0.15, 0.2) is 5.65 Å². The zero-order chi connectivity index (χ0) is 29.2. The van der Waals surface area contributed by atoms with E-state index in [1.807, 2.05) is 44.1 Å². The Kier molecular flexibility index (Phi) is 6.79. The molecule has 0 aliphatic carbocycles. The van der Waals surface area contributed by atoms with Crippen LogP contribution in [0.5, 0.6) is 0 Å². The van der Waals surface area contributed by atoms with Crippen LogP contribution in [0.2, 0.25) is 0 Å². The van der Waals surface area contributed by atoms with Crippen LogP contribution in [0.25, 0.3) is 54.5 Å². The lowest BCUT2D eigenvalue weighted by atomic mass is 9.94. The average molecular weight is 621 g/mol. The maximum absolute atomic E-state index is 14.1. The number of nitrogens with zero attached hydrogens (tertiary/aromatic N) is 5. The van der Waals surface area contributed by atoms with Crippen molar-refractivity contribution in [2.45, 2.75) is 25.9 Å². The minimum Gasteiger partial charge on any atom is -0.350 e. The first kappa shape index (κ1) is 27.3. The number of hydrogen-bond donors (Lipinski definition) is 2. The lowest BCUT2D eigenvalue weighted by molar-refractivity contribution is 0.384. The number of nitrogens with one attached hydrogen (secondary N) is 2. The van der Waals surface area contributed by atoms with Gasteiger partial charge in [-0.2, -0.15) is 0 Å². The molecule has 0 saturated carbocycles. The summed E-state index contributed by atoms with van der Waals surface area (Å²) in [6.07, 6.45) is 2.82. The fraction of sp³-hybridized carbons (Fsp3) is 0.345. The highest BCUT2D eigenvalue weighted by Crippen LogP contribution is 2.38. The van der Waals surface area contributed by atoms with E-state index in [9.17, 15) is 19.2 Å². The number of aromatic nitrogens is 5. The number of pyridine rings is 3. The maximum Gasteiger partial charge on any atom is 0.263 e. The molecule has 6 aromatic rings. The first-order valence-electron chi connectivity index (χ1n) is 13.5. The largest absolute Gasteiger partial charge is 0.350 e. The Morgan fingerprint density at radius 3 is 1.95 bits per heavy atom. The Bertz CT molecular complexity index is 2230. The van der Waals surface area contributed by atoms with Gasteiger partial charge in [-0.25, -0.2) is 4.98 Å². The van der Waals surface area contributed by atoms with Crippen molar-refractivity contribution in [3.63, 3.8) is 0 Å². The van der Waals surface area contributed by atoms with Gasteiger partial charge in [0.05, 0.1) is 32.7 Å². The number of benzene rings is 2. The van der Waals surface area contributed by atoms with Gasteiger partial charge in [0, 0.05) is 39.9 Å². The normalized spacial score (nSPS) is 12.5. The molecule has 0 atom stereocenters. The molecule has 0 aliphatic rings. The summed E-state index contributed by atoms with van der Waals surface area (Å²) >= 11 is 3.54. The summed E-state index contributed by atoms with van der Waals surface area (Å²) in [6.45, 7) is 1.85. The number of fused-ring (bicyclic) bond motifs is 4. The Morgan fingerprint density at radius 2 is 1.32 bits per heavy atom. The van der Waals surface area contributed by atoms with Crippen LogP contribution in [-0.2, 0) is 13.1 Å². The summed E-state index contributed by atoms with van der Waals surface area (Å²) in [6, 6.07) is 5.20. The lowest BCUT2D eigenvalue weighted by Gasteiger charge is -2.18. The van der Waals surface area contributed by atoms with E-state index >= 15 is 0 Å². The molecule has 0 aliphatic heterocycles. The lowest BCUT2D eigenvalue weighted by Crippen LogP contribution is -2.37. The van der Waals surface area contributed by atoms with E-state index in [-0.39, 0.29) is 34.6 Å². The predicted octanol–water partition coefficient (Wildman–Crippen LogP) is 2.65. The first-order valence-corrected chi connectivity index (χ1v) is 14.3. The van der Waals surface area contributed by atoms with Crippen LogP contribution in [0.3, 0.4) is 0 Å². The van der Waals surface area contributed by atoms with Crippen LogP contribution in [0, 0.1) is 0 Å². The second kappa shape index (κ2) is 10.2. The molecule has 0 spiro atoms. The van der Waals surface area contributed by atoms with Gasteiger partial charge in [0.2, 0.25) is 0 Å². The zero-order valence-electron chi connectivity index (χ0n) is 23.3. The highest BCUT2D eigenvalue weighted by atomic mass is 79.9. The molecule has 0 bridgehead atoms. The van der Waals surface area contributed by atoms with E-state index in [4.69, 9.17) is 0 Å². The van der Waals surface area contributed by atoms with Crippen LogP contribution in [0.15, 0.2) is 48.0 Å². The molecule has 2 aromatic carbocycles. The fourth-order valence-electron chi connectivity index (χ4n) is 5.81. The van der Waals surface area contributed by atoms with Crippen LogP contribution in [0.4, 0.5) is 0 Å². The van der Waals surface area contributed by atoms with Crippen molar-refractivity contribution in [1.82, 2.24) is 33.9 Å². The predicted molar refractivity (Wildman–Crippen MR) is 167 cm³/mol. The van der Waals surface area contributed by atoms with Gasteiger partial charge in [0.25, 0.3) is 22.2 Å². The molecular formula is C29H30BrN7O4. The minimum atomic E-state index is -0.477. The Hall–Kier alpha value is -3.87. The first-order chi connectivity index (χ1) is 19.6. The number of hydrogen-bond acceptors (Lipinski definition) is 7. The van der Waals surface area contributed by atoms with E-state index in [2.05, 4.69) is 30.9 Å². The summed E-state index contributed by atoms with van der Waals surface area (Å²) in [5, 5.41) is 1.68.